The second-order valence-electron chi connectivity index (χ2n) is 3.37. The summed E-state index contributed by atoms with van der Waals surface area (Å²) in [7, 11) is -0.790. The Morgan fingerprint density at radius 1 is 1.36 bits per heavy atom. The molecule has 0 bridgehead atoms. The Kier molecular flexibility index (Phi) is 4.84. The molecular formula is C11H17NOS. The van der Waals surface area contributed by atoms with Crippen LogP contribution in [0.2, 0.25) is 0 Å². The van der Waals surface area contributed by atoms with Gasteiger partial charge in [-0.2, -0.15) is 0 Å². The predicted octanol–water partition coefficient (Wildman–Crippen LogP) is 1.32. The van der Waals surface area contributed by atoms with Crippen molar-refractivity contribution in [3.05, 3.63) is 35.9 Å². The zero-order valence-corrected chi connectivity index (χ0v) is 9.30. The van der Waals surface area contributed by atoms with E-state index in [9.17, 15) is 4.21 Å². The molecule has 0 aliphatic rings. The molecular weight excluding hydrogens is 194 g/mol. The molecule has 0 radical (unpaired) electrons. The number of nitrogens with two attached hydrogens (primary N) is 1. The quantitative estimate of drug-likeness (QED) is 0.798. The second kappa shape index (κ2) is 5.94. The molecule has 2 atom stereocenters. The molecule has 1 aromatic rings. The molecule has 0 aliphatic heterocycles. The molecule has 14 heavy (non-hydrogen) atoms. The lowest BCUT2D eigenvalue weighted by atomic mass is 10.2. The minimum absolute atomic E-state index is 0.110. The van der Waals surface area contributed by atoms with Gasteiger partial charge >= 0.3 is 0 Å². The Balaban J connectivity index is 2.38. The molecule has 0 fully saturated rings. The van der Waals surface area contributed by atoms with Crippen LogP contribution in [0.3, 0.4) is 0 Å². The van der Waals surface area contributed by atoms with E-state index in [1.54, 1.807) is 0 Å². The van der Waals surface area contributed by atoms with Crippen LogP contribution in [0.15, 0.2) is 30.3 Å². The van der Waals surface area contributed by atoms with Crippen LogP contribution >= 0.6 is 0 Å². The average molecular weight is 211 g/mol. The van der Waals surface area contributed by atoms with Crippen LogP contribution in [-0.4, -0.2) is 21.8 Å². The van der Waals surface area contributed by atoms with Crippen LogP contribution < -0.4 is 5.73 Å². The monoisotopic (exact) mass is 211 g/mol. The first-order valence-electron chi connectivity index (χ1n) is 4.85. The fraction of sp³-hybridized carbons (Fsp3) is 0.455. The van der Waals surface area contributed by atoms with Crippen molar-refractivity contribution in [2.75, 3.05) is 12.3 Å². The van der Waals surface area contributed by atoms with E-state index in [1.165, 1.54) is 5.56 Å². The van der Waals surface area contributed by atoms with Crippen LogP contribution in [0, 0.1) is 0 Å². The molecule has 2 unspecified atom stereocenters. The molecule has 0 heterocycles. The highest BCUT2D eigenvalue weighted by atomic mass is 32.2. The summed E-state index contributed by atoms with van der Waals surface area (Å²) >= 11 is 0. The standard InChI is InChI=1S/C11H17NOS/c1-10(9-12)14(13)8-7-11-5-3-2-4-6-11/h2-6,10H,7-9,12H2,1H3. The van der Waals surface area contributed by atoms with Crippen LogP contribution in [0.1, 0.15) is 12.5 Å². The number of hydrogen-bond acceptors (Lipinski definition) is 2. The molecule has 0 amide bonds. The summed E-state index contributed by atoms with van der Waals surface area (Å²) < 4.78 is 11.6. The topological polar surface area (TPSA) is 43.1 Å². The van der Waals surface area contributed by atoms with E-state index in [2.05, 4.69) is 12.1 Å². The van der Waals surface area contributed by atoms with Gasteiger partial charge in [0.05, 0.1) is 0 Å². The van der Waals surface area contributed by atoms with Gasteiger partial charge in [0.25, 0.3) is 0 Å². The van der Waals surface area contributed by atoms with E-state index in [4.69, 9.17) is 5.73 Å². The highest BCUT2D eigenvalue weighted by Gasteiger charge is 2.08. The van der Waals surface area contributed by atoms with Gasteiger partial charge in [-0.25, -0.2) is 0 Å². The largest absolute Gasteiger partial charge is 0.329 e. The van der Waals surface area contributed by atoms with E-state index in [0.29, 0.717) is 12.3 Å². The number of hydrogen-bond donors (Lipinski definition) is 1. The van der Waals surface area contributed by atoms with Crippen LogP contribution in [0.25, 0.3) is 0 Å². The normalized spacial score (nSPS) is 15.0. The molecule has 0 saturated carbocycles. The summed E-state index contributed by atoms with van der Waals surface area (Å²) in [5, 5.41) is 0.110. The lowest BCUT2D eigenvalue weighted by molar-refractivity contribution is 0.672. The van der Waals surface area contributed by atoms with Crippen molar-refractivity contribution in [3.8, 4) is 0 Å². The van der Waals surface area contributed by atoms with Crippen molar-refractivity contribution in [1.82, 2.24) is 0 Å². The Bertz CT molecular complexity index is 287. The zero-order valence-electron chi connectivity index (χ0n) is 8.48. The summed E-state index contributed by atoms with van der Waals surface area (Å²) in [6, 6.07) is 10.1. The van der Waals surface area contributed by atoms with E-state index < -0.39 is 10.8 Å². The Morgan fingerprint density at radius 2 is 2.00 bits per heavy atom. The summed E-state index contributed by atoms with van der Waals surface area (Å²) in [5.74, 6) is 0.711. The van der Waals surface area contributed by atoms with Gasteiger partial charge < -0.3 is 5.73 Å². The van der Waals surface area contributed by atoms with Gasteiger partial charge in [0.2, 0.25) is 0 Å². The molecule has 1 rings (SSSR count). The van der Waals surface area contributed by atoms with E-state index >= 15 is 0 Å². The van der Waals surface area contributed by atoms with Crippen molar-refractivity contribution in [2.24, 2.45) is 5.73 Å². The lowest BCUT2D eigenvalue weighted by Gasteiger charge is -2.07. The minimum Gasteiger partial charge on any atom is -0.329 e. The number of aryl methyl sites for hydroxylation is 1. The summed E-state index contributed by atoms with van der Waals surface area (Å²) in [5.41, 5.74) is 6.69. The fourth-order valence-electron chi connectivity index (χ4n) is 1.17. The van der Waals surface area contributed by atoms with Crippen LogP contribution in [0.5, 0.6) is 0 Å². The molecule has 2 nitrogen and oxygen atoms in total. The minimum atomic E-state index is -0.790. The smallest absolute Gasteiger partial charge is 0.0442 e. The molecule has 78 valence electrons. The SMILES string of the molecule is CC(CN)S(=O)CCc1ccccc1. The van der Waals surface area contributed by atoms with E-state index in [0.717, 1.165) is 6.42 Å². The first kappa shape index (κ1) is 11.4. The van der Waals surface area contributed by atoms with Crippen molar-refractivity contribution >= 4 is 10.8 Å². The maximum Gasteiger partial charge on any atom is 0.0442 e. The van der Waals surface area contributed by atoms with Crippen LogP contribution in [0.4, 0.5) is 0 Å². The number of benzene rings is 1. The maximum absolute atomic E-state index is 11.6. The van der Waals surface area contributed by atoms with E-state index in [-0.39, 0.29) is 5.25 Å². The molecule has 0 saturated heterocycles. The van der Waals surface area contributed by atoms with Gasteiger partial charge in [-0.15, -0.1) is 0 Å². The van der Waals surface area contributed by atoms with Crippen molar-refractivity contribution in [1.29, 1.82) is 0 Å². The van der Waals surface area contributed by atoms with Gasteiger partial charge in [-0.3, -0.25) is 4.21 Å². The maximum atomic E-state index is 11.6. The summed E-state index contributed by atoms with van der Waals surface area (Å²) in [4.78, 5) is 0. The third-order valence-corrected chi connectivity index (χ3v) is 3.91. The average Bonchev–Trinajstić information content (AvgIpc) is 2.26. The zero-order chi connectivity index (χ0) is 10.4. The Labute approximate surface area is 88.0 Å². The Hall–Kier alpha value is -0.670. The second-order valence-corrected chi connectivity index (χ2v) is 5.34. The molecule has 2 N–H and O–H groups in total. The first-order valence-corrected chi connectivity index (χ1v) is 6.23. The lowest BCUT2D eigenvalue weighted by Crippen LogP contribution is -2.24. The molecule has 1 aromatic carbocycles. The summed E-state index contributed by atoms with van der Waals surface area (Å²) in [6.45, 7) is 2.43. The summed E-state index contributed by atoms with van der Waals surface area (Å²) in [6.07, 6.45) is 0.873. The highest BCUT2D eigenvalue weighted by molar-refractivity contribution is 7.85. The first-order chi connectivity index (χ1) is 6.74. The van der Waals surface area contributed by atoms with Gasteiger partial charge in [0.15, 0.2) is 0 Å². The highest BCUT2D eigenvalue weighted by Crippen LogP contribution is 2.02. The molecule has 0 spiro atoms. The predicted molar refractivity (Wildman–Crippen MR) is 61.7 cm³/mol. The third kappa shape index (κ3) is 3.60. The molecule has 0 aliphatic carbocycles. The van der Waals surface area contributed by atoms with Crippen molar-refractivity contribution in [3.63, 3.8) is 0 Å². The Morgan fingerprint density at radius 3 is 2.57 bits per heavy atom. The molecule has 0 aromatic heterocycles. The van der Waals surface area contributed by atoms with E-state index in [1.807, 2.05) is 25.1 Å². The van der Waals surface area contributed by atoms with Gasteiger partial charge in [0, 0.05) is 28.3 Å². The van der Waals surface area contributed by atoms with Gasteiger partial charge in [-0.05, 0) is 18.9 Å². The van der Waals surface area contributed by atoms with Gasteiger partial charge in [-0.1, -0.05) is 30.3 Å². The molecule has 3 heteroatoms. The van der Waals surface area contributed by atoms with Gasteiger partial charge in [0.1, 0.15) is 0 Å². The third-order valence-electron chi connectivity index (χ3n) is 2.22. The fourth-order valence-corrected chi connectivity index (χ4v) is 2.23. The number of rotatable bonds is 5. The van der Waals surface area contributed by atoms with Crippen LogP contribution in [-0.2, 0) is 17.2 Å². The van der Waals surface area contributed by atoms with Crippen molar-refractivity contribution < 1.29 is 4.21 Å². The van der Waals surface area contributed by atoms with Crippen molar-refractivity contribution in [2.45, 2.75) is 18.6 Å².